The van der Waals surface area contributed by atoms with E-state index in [1.54, 1.807) is 0 Å². The molecule has 0 aromatic heterocycles. The summed E-state index contributed by atoms with van der Waals surface area (Å²) < 4.78 is 0.982. The standard InChI is InChI=1S/C9H11BrN2OS/c10-7-3-1-6(2-4-7)8(13)5-12-9(11)14/h1-4,8,13H,5H2,(H3,11,12,14)/t8-/m1/s1. The molecule has 1 aromatic rings. The maximum Gasteiger partial charge on any atom is 0.163 e. The molecule has 1 rings (SSSR count). The third-order valence-corrected chi connectivity index (χ3v) is 2.40. The summed E-state index contributed by atoms with van der Waals surface area (Å²) in [5.74, 6) is 0. The molecule has 0 unspecified atom stereocenters. The van der Waals surface area contributed by atoms with E-state index in [2.05, 4.69) is 33.5 Å². The first-order valence-corrected chi connectivity index (χ1v) is 5.26. The number of halogens is 1. The Labute approximate surface area is 96.4 Å². The van der Waals surface area contributed by atoms with Crippen molar-refractivity contribution < 1.29 is 5.11 Å². The van der Waals surface area contributed by atoms with E-state index in [0.717, 1.165) is 10.0 Å². The summed E-state index contributed by atoms with van der Waals surface area (Å²) in [6.07, 6.45) is -0.593. The van der Waals surface area contributed by atoms with Gasteiger partial charge in [-0.15, -0.1) is 0 Å². The molecule has 0 aliphatic rings. The molecule has 0 aliphatic carbocycles. The maximum atomic E-state index is 9.67. The summed E-state index contributed by atoms with van der Waals surface area (Å²) >= 11 is 7.95. The number of nitrogens with one attached hydrogen (secondary N) is 1. The van der Waals surface area contributed by atoms with Crippen LogP contribution in [0.1, 0.15) is 11.7 Å². The SMILES string of the molecule is NC(=S)NC[C@@H](O)c1ccc(Br)cc1. The molecule has 0 saturated heterocycles. The molecule has 3 nitrogen and oxygen atoms in total. The molecule has 1 aromatic carbocycles. The number of thiocarbonyl (C=S) groups is 1. The Hall–Kier alpha value is -0.650. The van der Waals surface area contributed by atoms with Crippen molar-refractivity contribution in [2.75, 3.05) is 6.54 Å². The number of nitrogens with two attached hydrogens (primary N) is 1. The normalized spacial score (nSPS) is 12.1. The fourth-order valence-electron chi connectivity index (χ4n) is 1.00. The molecular formula is C9H11BrN2OS. The molecule has 0 saturated carbocycles. The smallest absolute Gasteiger partial charge is 0.163 e. The van der Waals surface area contributed by atoms with Crippen LogP contribution in [0.3, 0.4) is 0 Å². The molecular weight excluding hydrogens is 264 g/mol. The van der Waals surface area contributed by atoms with Crippen LogP contribution in [0.2, 0.25) is 0 Å². The molecule has 5 heteroatoms. The Morgan fingerprint density at radius 3 is 2.57 bits per heavy atom. The Bertz CT molecular complexity index is 315. The Morgan fingerprint density at radius 1 is 1.50 bits per heavy atom. The lowest BCUT2D eigenvalue weighted by atomic mass is 10.1. The average Bonchev–Trinajstić information content (AvgIpc) is 2.15. The first-order chi connectivity index (χ1) is 6.59. The highest BCUT2D eigenvalue weighted by molar-refractivity contribution is 9.10. The van der Waals surface area contributed by atoms with Crippen molar-refractivity contribution in [3.8, 4) is 0 Å². The Balaban J connectivity index is 2.56. The van der Waals surface area contributed by atoms with Gasteiger partial charge in [-0.3, -0.25) is 0 Å². The lowest BCUT2D eigenvalue weighted by Crippen LogP contribution is -2.32. The first-order valence-electron chi connectivity index (χ1n) is 4.06. The Morgan fingerprint density at radius 2 is 2.07 bits per heavy atom. The molecule has 0 radical (unpaired) electrons. The van der Waals surface area contributed by atoms with Gasteiger partial charge in [-0.1, -0.05) is 28.1 Å². The second-order valence-electron chi connectivity index (χ2n) is 2.81. The minimum absolute atomic E-state index is 0.196. The van der Waals surface area contributed by atoms with Crippen molar-refractivity contribution in [3.05, 3.63) is 34.3 Å². The van der Waals surface area contributed by atoms with Crippen molar-refractivity contribution in [1.82, 2.24) is 5.32 Å². The van der Waals surface area contributed by atoms with Crippen molar-refractivity contribution in [1.29, 1.82) is 0 Å². The summed E-state index contributed by atoms with van der Waals surface area (Å²) in [7, 11) is 0. The van der Waals surface area contributed by atoms with E-state index in [4.69, 9.17) is 5.73 Å². The number of aliphatic hydroxyl groups excluding tert-OH is 1. The molecule has 0 spiro atoms. The fourth-order valence-corrected chi connectivity index (χ4v) is 1.35. The fraction of sp³-hybridized carbons (Fsp3) is 0.222. The minimum atomic E-state index is -0.593. The molecule has 0 bridgehead atoms. The van der Waals surface area contributed by atoms with Crippen LogP contribution in [0.25, 0.3) is 0 Å². The second kappa shape index (κ2) is 5.29. The molecule has 0 fully saturated rings. The van der Waals surface area contributed by atoms with Crippen LogP contribution in [0.4, 0.5) is 0 Å². The monoisotopic (exact) mass is 274 g/mol. The lowest BCUT2D eigenvalue weighted by Gasteiger charge is -2.11. The molecule has 1 atom stereocenters. The van der Waals surface area contributed by atoms with E-state index in [0.29, 0.717) is 6.54 Å². The summed E-state index contributed by atoms with van der Waals surface area (Å²) in [5, 5.41) is 12.6. The highest BCUT2D eigenvalue weighted by Crippen LogP contribution is 2.15. The van der Waals surface area contributed by atoms with Gasteiger partial charge >= 0.3 is 0 Å². The van der Waals surface area contributed by atoms with Crippen molar-refractivity contribution >= 4 is 33.3 Å². The van der Waals surface area contributed by atoms with E-state index in [-0.39, 0.29) is 5.11 Å². The lowest BCUT2D eigenvalue weighted by molar-refractivity contribution is 0.181. The second-order valence-corrected chi connectivity index (χ2v) is 4.17. The van der Waals surface area contributed by atoms with E-state index in [1.165, 1.54) is 0 Å². The predicted molar refractivity (Wildman–Crippen MR) is 63.9 cm³/mol. The van der Waals surface area contributed by atoms with Crippen LogP contribution in [0.5, 0.6) is 0 Å². The highest BCUT2D eigenvalue weighted by atomic mass is 79.9. The molecule has 0 heterocycles. The van der Waals surface area contributed by atoms with Crippen LogP contribution in [0, 0.1) is 0 Å². The molecule has 76 valence electrons. The molecule has 0 amide bonds. The molecule has 4 N–H and O–H groups in total. The van der Waals surface area contributed by atoms with Crippen LogP contribution in [-0.4, -0.2) is 16.8 Å². The summed E-state index contributed by atoms with van der Waals surface area (Å²) in [4.78, 5) is 0. The third kappa shape index (κ3) is 3.61. The zero-order chi connectivity index (χ0) is 10.6. The number of rotatable bonds is 3. The van der Waals surface area contributed by atoms with Gasteiger partial charge in [0.1, 0.15) is 0 Å². The van der Waals surface area contributed by atoms with E-state index in [1.807, 2.05) is 24.3 Å². The van der Waals surface area contributed by atoms with E-state index < -0.39 is 6.10 Å². The van der Waals surface area contributed by atoms with Crippen LogP contribution < -0.4 is 11.1 Å². The predicted octanol–water partition coefficient (Wildman–Crippen LogP) is 1.32. The zero-order valence-corrected chi connectivity index (χ0v) is 9.81. The van der Waals surface area contributed by atoms with Gasteiger partial charge in [-0.2, -0.15) is 0 Å². The summed E-state index contributed by atoms with van der Waals surface area (Å²) in [5.41, 5.74) is 6.08. The summed E-state index contributed by atoms with van der Waals surface area (Å²) in [6.45, 7) is 0.330. The van der Waals surface area contributed by atoms with Crippen LogP contribution in [-0.2, 0) is 0 Å². The van der Waals surface area contributed by atoms with Gasteiger partial charge in [0.15, 0.2) is 5.11 Å². The van der Waals surface area contributed by atoms with Gasteiger partial charge in [0, 0.05) is 11.0 Å². The maximum absolute atomic E-state index is 9.67. The van der Waals surface area contributed by atoms with Gasteiger partial charge in [0.2, 0.25) is 0 Å². The van der Waals surface area contributed by atoms with Gasteiger partial charge in [0.05, 0.1) is 6.10 Å². The van der Waals surface area contributed by atoms with Crippen molar-refractivity contribution in [2.24, 2.45) is 5.73 Å². The molecule has 14 heavy (non-hydrogen) atoms. The summed E-state index contributed by atoms with van der Waals surface area (Å²) in [6, 6.07) is 7.44. The number of hydrogen-bond donors (Lipinski definition) is 3. The van der Waals surface area contributed by atoms with Gasteiger partial charge < -0.3 is 16.2 Å². The largest absolute Gasteiger partial charge is 0.387 e. The van der Waals surface area contributed by atoms with Crippen molar-refractivity contribution in [2.45, 2.75) is 6.10 Å². The van der Waals surface area contributed by atoms with Gasteiger partial charge in [-0.05, 0) is 29.9 Å². The molecule has 0 aliphatic heterocycles. The zero-order valence-electron chi connectivity index (χ0n) is 7.40. The van der Waals surface area contributed by atoms with Gasteiger partial charge in [0.25, 0.3) is 0 Å². The quantitative estimate of drug-likeness (QED) is 0.728. The van der Waals surface area contributed by atoms with E-state index >= 15 is 0 Å². The van der Waals surface area contributed by atoms with Crippen molar-refractivity contribution in [3.63, 3.8) is 0 Å². The topological polar surface area (TPSA) is 58.3 Å². The number of benzene rings is 1. The Kier molecular flexibility index (Phi) is 4.31. The van der Waals surface area contributed by atoms with Gasteiger partial charge in [-0.25, -0.2) is 0 Å². The number of hydrogen-bond acceptors (Lipinski definition) is 2. The third-order valence-electron chi connectivity index (χ3n) is 1.72. The first kappa shape index (κ1) is 11.4. The van der Waals surface area contributed by atoms with Crippen LogP contribution >= 0.6 is 28.1 Å². The number of aliphatic hydroxyl groups is 1. The van der Waals surface area contributed by atoms with Crippen LogP contribution in [0.15, 0.2) is 28.7 Å². The minimum Gasteiger partial charge on any atom is -0.387 e. The van der Waals surface area contributed by atoms with E-state index in [9.17, 15) is 5.11 Å². The average molecular weight is 275 g/mol. The highest BCUT2D eigenvalue weighted by Gasteiger charge is 2.06.